The van der Waals surface area contributed by atoms with E-state index in [-0.39, 0.29) is 5.43 Å². The van der Waals surface area contributed by atoms with Crippen molar-refractivity contribution in [2.75, 3.05) is 7.11 Å². The average Bonchev–Trinajstić information content (AvgIpc) is 2.55. The van der Waals surface area contributed by atoms with Gasteiger partial charge in [0, 0.05) is 16.7 Å². The number of hydrogen-bond donors (Lipinski definition) is 0. The third-order valence-electron chi connectivity index (χ3n) is 3.99. The van der Waals surface area contributed by atoms with Crippen molar-refractivity contribution in [1.29, 1.82) is 0 Å². The maximum atomic E-state index is 13.0. The molecular weight excluding hydrogens is 312 g/mol. The molecule has 0 N–H and O–H groups in total. The summed E-state index contributed by atoms with van der Waals surface area (Å²) in [5.41, 5.74) is 2.62. The third-order valence-corrected chi connectivity index (χ3v) is 4.32. The van der Waals surface area contributed by atoms with Crippen LogP contribution < -0.4 is 10.2 Å². The number of ether oxygens (including phenoxy) is 1. The van der Waals surface area contributed by atoms with Crippen LogP contribution in [0.25, 0.3) is 22.1 Å². The van der Waals surface area contributed by atoms with Crippen LogP contribution in [0.4, 0.5) is 0 Å². The van der Waals surface area contributed by atoms with Gasteiger partial charge in [-0.2, -0.15) is 0 Å². The lowest BCUT2D eigenvalue weighted by atomic mass is 10.0. The Kier molecular flexibility index (Phi) is 4.14. The van der Waals surface area contributed by atoms with Crippen LogP contribution in [0, 0.1) is 6.92 Å². The molecule has 0 unspecified atom stereocenters. The number of benzene rings is 2. The fourth-order valence-electron chi connectivity index (χ4n) is 2.82. The Morgan fingerprint density at radius 1 is 1.22 bits per heavy atom. The molecule has 0 aliphatic rings. The first kappa shape index (κ1) is 15.6. The van der Waals surface area contributed by atoms with Crippen LogP contribution in [0.3, 0.4) is 0 Å². The van der Waals surface area contributed by atoms with E-state index in [1.54, 1.807) is 26.2 Å². The summed E-state index contributed by atoms with van der Waals surface area (Å²) in [7, 11) is 1.61. The molecule has 3 aromatic rings. The molecule has 0 spiro atoms. The van der Waals surface area contributed by atoms with E-state index in [4.69, 9.17) is 20.8 Å². The largest absolute Gasteiger partial charge is 0.496 e. The molecule has 0 radical (unpaired) electrons. The first-order valence-corrected chi connectivity index (χ1v) is 7.83. The van der Waals surface area contributed by atoms with Gasteiger partial charge >= 0.3 is 0 Å². The molecule has 1 heterocycles. The Morgan fingerprint density at radius 3 is 2.61 bits per heavy atom. The van der Waals surface area contributed by atoms with E-state index in [2.05, 4.69) is 0 Å². The number of aryl methyl sites for hydroxylation is 2. The molecule has 0 bridgehead atoms. The van der Waals surface area contributed by atoms with Crippen molar-refractivity contribution in [3.05, 3.63) is 63.0 Å². The van der Waals surface area contributed by atoms with E-state index in [1.165, 1.54) is 0 Å². The second kappa shape index (κ2) is 6.09. The minimum atomic E-state index is -0.0748. The zero-order valence-electron chi connectivity index (χ0n) is 13.3. The summed E-state index contributed by atoms with van der Waals surface area (Å²) in [6.45, 7) is 3.80. The van der Waals surface area contributed by atoms with E-state index in [0.29, 0.717) is 32.9 Å². The molecule has 0 atom stereocenters. The SMILES string of the molecule is CCc1cc2c(=O)c(-c3ccccc3Cl)c(C)oc2cc1OC. The van der Waals surface area contributed by atoms with Crippen LogP contribution in [-0.2, 0) is 6.42 Å². The van der Waals surface area contributed by atoms with Gasteiger partial charge in [0.1, 0.15) is 17.1 Å². The molecule has 23 heavy (non-hydrogen) atoms. The summed E-state index contributed by atoms with van der Waals surface area (Å²) in [6.07, 6.45) is 0.772. The van der Waals surface area contributed by atoms with Gasteiger partial charge in [-0.1, -0.05) is 36.7 Å². The Morgan fingerprint density at radius 2 is 1.96 bits per heavy atom. The summed E-state index contributed by atoms with van der Waals surface area (Å²) in [4.78, 5) is 13.0. The van der Waals surface area contributed by atoms with E-state index < -0.39 is 0 Å². The van der Waals surface area contributed by atoms with E-state index in [9.17, 15) is 4.79 Å². The highest BCUT2D eigenvalue weighted by molar-refractivity contribution is 6.33. The summed E-state index contributed by atoms with van der Waals surface area (Å²) in [5, 5.41) is 1.08. The van der Waals surface area contributed by atoms with Gasteiger partial charge in [-0.3, -0.25) is 4.79 Å². The quantitative estimate of drug-likeness (QED) is 0.679. The number of fused-ring (bicyclic) bond motifs is 1. The maximum absolute atomic E-state index is 13.0. The van der Waals surface area contributed by atoms with E-state index in [0.717, 1.165) is 17.7 Å². The monoisotopic (exact) mass is 328 g/mol. The molecule has 0 saturated carbocycles. The molecule has 0 aliphatic heterocycles. The minimum absolute atomic E-state index is 0.0748. The van der Waals surface area contributed by atoms with Crippen molar-refractivity contribution < 1.29 is 9.15 Å². The van der Waals surface area contributed by atoms with Crippen LogP contribution in [0.5, 0.6) is 5.75 Å². The topological polar surface area (TPSA) is 39.4 Å². The first-order chi connectivity index (χ1) is 11.1. The summed E-state index contributed by atoms with van der Waals surface area (Å²) >= 11 is 6.26. The first-order valence-electron chi connectivity index (χ1n) is 7.46. The highest BCUT2D eigenvalue weighted by atomic mass is 35.5. The lowest BCUT2D eigenvalue weighted by Crippen LogP contribution is -2.08. The van der Waals surface area contributed by atoms with Crippen molar-refractivity contribution in [3.63, 3.8) is 0 Å². The fraction of sp³-hybridized carbons (Fsp3) is 0.211. The molecular formula is C19H17ClO3. The normalized spacial score (nSPS) is 11.0. The number of hydrogen-bond acceptors (Lipinski definition) is 3. The number of methoxy groups -OCH3 is 1. The maximum Gasteiger partial charge on any atom is 0.200 e. The Bertz CT molecular complexity index is 941. The number of halogens is 1. The molecule has 3 rings (SSSR count). The predicted molar refractivity (Wildman–Crippen MR) is 93.6 cm³/mol. The minimum Gasteiger partial charge on any atom is -0.496 e. The molecule has 0 saturated heterocycles. The molecule has 3 nitrogen and oxygen atoms in total. The molecule has 0 aliphatic carbocycles. The Labute approximate surface area is 139 Å². The zero-order chi connectivity index (χ0) is 16.6. The van der Waals surface area contributed by atoms with Gasteiger partial charge in [0.15, 0.2) is 0 Å². The molecule has 1 aromatic heterocycles. The molecule has 4 heteroatoms. The van der Waals surface area contributed by atoms with E-state index >= 15 is 0 Å². The van der Waals surface area contributed by atoms with Crippen LogP contribution in [-0.4, -0.2) is 7.11 Å². The van der Waals surface area contributed by atoms with Crippen LogP contribution >= 0.6 is 11.6 Å². The van der Waals surface area contributed by atoms with Crippen molar-refractivity contribution in [2.45, 2.75) is 20.3 Å². The Balaban J connectivity index is 2.38. The predicted octanol–water partition coefficient (Wildman–Crippen LogP) is 4.99. The third kappa shape index (κ3) is 2.62. The molecule has 0 fully saturated rings. The smallest absolute Gasteiger partial charge is 0.200 e. The molecule has 2 aromatic carbocycles. The second-order valence-electron chi connectivity index (χ2n) is 5.36. The fourth-order valence-corrected chi connectivity index (χ4v) is 3.05. The summed E-state index contributed by atoms with van der Waals surface area (Å²) in [6, 6.07) is 10.9. The highest BCUT2D eigenvalue weighted by Gasteiger charge is 2.17. The van der Waals surface area contributed by atoms with Crippen molar-refractivity contribution >= 4 is 22.6 Å². The standard InChI is InChI=1S/C19H17ClO3/c1-4-12-9-14-17(10-16(12)22-3)23-11(2)18(19(14)21)13-7-5-6-8-15(13)20/h5-10H,4H2,1-3H3. The van der Waals surface area contributed by atoms with Gasteiger partial charge in [-0.25, -0.2) is 0 Å². The van der Waals surface area contributed by atoms with Crippen molar-refractivity contribution in [1.82, 2.24) is 0 Å². The van der Waals surface area contributed by atoms with Gasteiger partial charge in [-0.05, 0) is 31.0 Å². The summed E-state index contributed by atoms with van der Waals surface area (Å²) in [5.74, 6) is 1.27. The van der Waals surface area contributed by atoms with Crippen LogP contribution in [0.2, 0.25) is 5.02 Å². The van der Waals surface area contributed by atoms with Crippen molar-refractivity contribution in [3.8, 4) is 16.9 Å². The van der Waals surface area contributed by atoms with Gasteiger partial charge in [0.2, 0.25) is 5.43 Å². The number of rotatable bonds is 3. The van der Waals surface area contributed by atoms with Crippen molar-refractivity contribution in [2.24, 2.45) is 0 Å². The van der Waals surface area contributed by atoms with Gasteiger partial charge in [0.25, 0.3) is 0 Å². The Hall–Kier alpha value is -2.26. The lowest BCUT2D eigenvalue weighted by molar-refractivity contribution is 0.409. The van der Waals surface area contributed by atoms with Gasteiger partial charge in [-0.15, -0.1) is 0 Å². The van der Waals surface area contributed by atoms with Crippen LogP contribution in [0.1, 0.15) is 18.2 Å². The highest BCUT2D eigenvalue weighted by Crippen LogP contribution is 2.32. The summed E-state index contributed by atoms with van der Waals surface area (Å²) < 4.78 is 11.3. The van der Waals surface area contributed by atoms with Crippen LogP contribution in [0.15, 0.2) is 45.6 Å². The lowest BCUT2D eigenvalue weighted by Gasteiger charge is -2.11. The molecule has 0 amide bonds. The average molecular weight is 329 g/mol. The van der Waals surface area contributed by atoms with Gasteiger partial charge in [0.05, 0.1) is 18.1 Å². The molecule has 118 valence electrons. The zero-order valence-corrected chi connectivity index (χ0v) is 14.0. The van der Waals surface area contributed by atoms with Gasteiger partial charge < -0.3 is 9.15 Å². The van der Waals surface area contributed by atoms with E-state index in [1.807, 2.05) is 31.2 Å². The second-order valence-corrected chi connectivity index (χ2v) is 5.76.